The summed E-state index contributed by atoms with van der Waals surface area (Å²) in [7, 11) is 0. The second kappa shape index (κ2) is 6.76. The first kappa shape index (κ1) is 14.9. The van der Waals surface area contributed by atoms with E-state index < -0.39 is 0 Å². The summed E-state index contributed by atoms with van der Waals surface area (Å²) in [4.78, 5) is 2.51. The monoisotopic (exact) mass is 324 g/mol. The van der Waals surface area contributed by atoms with Crippen LogP contribution in [-0.4, -0.2) is 26.2 Å². The van der Waals surface area contributed by atoms with Gasteiger partial charge in [0.2, 0.25) is 0 Å². The van der Waals surface area contributed by atoms with E-state index in [1.807, 2.05) is 0 Å². The zero-order valence-corrected chi connectivity index (χ0v) is 13.8. The Morgan fingerprint density at radius 3 is 2.95 bits per heavy atom. The van der Waals surface area contributed by atoms with E-state index in [1.165, 1.54) is 35.2 Å². The zero-order valence-electron chi connectivity index (χ0n) is 12.2. The van der Waals surface area contributed by atoms with Gasteiger partial charge in [0.15, 0.2) is 0 Å². The molecule has 0 spiro atoms. The van der Waals surface area contributed by atoms with Crippen molar-refractivity contribution in [2.24, 2.45) is 11.8 Å². The van der Waals surface area contributed by atoms with Crippen molar-refractivity contribution in [3.8, 4) is 0 Å². The van der Waals surface area contributed by atoms with Crippen LogP contribution in [0.1, 0.15) is 25.8 Å². The van der Waals surface area contributed by atoms with E-state index in [2.05, 4.69) is 65.1 Å². The lowest BCUT2D eigenvalue weighted by molar-refractivity contribution is 0.477. The van der Waals surface area contributed by atoms with Crippen LogP contribution in [0, 0.1) is 18.8 Å². The molecule has 0 radical (unpaired) electrons. The third-order valence-electron chi connectivity index (χ3n) is 3.78. The average molecular weight is 325 g/mol. The number of benzene rings is 1. The van der Waals surface area contributed by atoms with Crippen LogP contribution in [0.4, 0.5) is 5.69 Å². The summed E-state index contributed by atoms with van der Waals surface area (Å²) < 4.78 is 1.26. The largest absolute Gasteiger partial charge is 0.370 e. The first-order valence-corrected chi connectivity index (χ1v) is 8.08. The van der Waals surface area contributed by atoms with Crippen LogP contribution in [0.3, 0.4) is 0 Å². The molecule has 0 bridgehead atoms. The fourth-order valence-electron chi connectivity index (χ4n) is 2.67. The number of anilines is 1. The van der Waals surface area contributed by atoms with E-state index >= 15 is 0 Å². The van der Waals surface area contributed by atoms with Crippen LogP contribution in [0.2, 0.25) is 0 Å². The number of hydrogen-bond donors (Lipinski definition) is 1. The van der Waals surface area contributed by atoms with Crippen LogP contribution in [0.25, 0.3) is 0 Å². The van der Waals surface area contributed by atoms with E-state index in [9.17, 15) is 0 Å². The highest BCUT2D eigenvalue weighted by Crippen LogP contribution is 2.32. The third-order valence-corrected chi connectivity index (χ3v) is 4.82. The average Bonchev–Trinajstić information content (AvgIpc) is 2.81. The van der Waals surface area contributed by atoms with E-state index in [0.29, 0.717) is 0 Å². The fourth-order valence-corrected chi connectivity index (χ4v) is 3.19. The minimum Gasteiger partial charge on any atom is -0.370 e. The van der Waals surface area contributed by atoms with Crippen LogP contribution in [0.15, 0.2) is 22.7 Å². The molecule has 1 aromatic carbocycles. The maximum absolute atomic E-state index is 3.72. The van der Waals surface area contributed by atoms with Crippen LogP contribution < -0.4 is 10.2 Å². The molecule has 0 saturated carbocycles. The van der Waals surface area contributed by atoms with Crippen LogP contribution in [-0.2, 0) is 0 Å². The molecule has 19 heavy (non-hydrogen) atoms. The quantitative estimate of drug-likeness (QED) is 0.885. The van der Waals surface area contributed by atoms with Crippen molar-refractivity contribution >= 4 is 21.6 Å². The van der Waals surface area contributed by atoms with Gasteiger partial charge in [-0.2, -0.15) is 0 Å². The summed E-state index contributed by atoms with van der Waals surface area (Å²) in [5.74, 6) is 1.52. The maximum atomic E-state index is 3.72. The lowest BCUT2D eigenvalue weighted by atomic mass is 10.1. The zero-order chi connectivity index (χ0) is 13.8. The number of aryl methyl sites for hydroxylation is 1. The molecule has 106 valence electrons. The van der Waals surface area contributed by atoms with Gasteiger partial charge in [0.05, 0.1) is 5.69 Å². The maximum Gasteiger partial charge on any atom is 0.0513 e. The molecule has 1 unspecified atom stereocenters. The Morgan fingerprint density at radius 2 is 2.21 bits per heavy atom. The van der Waals surface area contributed by atoms with E-state index in [0.717, 1.165) is 24.9 Å². The number of rotatable bonds is 5. The molecule has 1 fully saturated rings. The smallest absolute Gasteiger partial charge is 0.0513 e. The molecule has 0 aromatic heterocycles. The van der Waals surface area contributed by atoms with Crippen molar-refractivity contribution in [1.82, 2.24) is 5.32 Å². The van der Waals surface area contributed by atoms with Crippen molar-refractivity contribution in [2.45, 2.75) is 27.2 Å². The van der Waals surface area contributed by atoms with Crippen molar-refractivity contribution in [2.75, 3.05) is 31.1 Å². The first-order chi connectivity index (χ1) is 9.08. The minimum atomic E-state index is 0.739. The lowest BCUT2D eigenvalue weighted by Gasteiger charge is -2.21. The number of hydrogen-bond acceptors (Lipinski definition) is 2. The van der Waals surface area contributed by atoms with Crippen LogP contribution in [0.5, 0.6) is 0 Å². The molecule has 1 aliphatic rings. The van der Waals surface area contributed by atoms with Gasteiger partial charge in [0.1, 0.15) is 0 Å². The summed E-state index contributed by atoms with van der Waals surface area (Å²) in [6.07, 6.45) is 1.30. The van der Waals surface area contributed by atoms with Crippen molar-refractivity contribution in [1.29, 1.82) is 0 Å². The van der Waals surface area contributed by atoms with E-state index in [1.54, 1.807) is 0 Å². The Balaban J connectivity index is 1.89. The van der Waals surface area contributed by atoms with Gasteiger partial charge >= 0.3 is 0 Å². The van der Waals surface area contributed by atoms with Gasteiger partial charge in [-0.3, -0.25) is 0 Å². The highest BCUT2D eigenvalue weighted by molar-refractivity contribution is 9.10. The lowest BCUT2D eigenvalue weighted by Crippen LogP contribution is -2.28. The molecule has 1 saturated heterocycles. The minimum absolute atomic E-state index is 0.739. The second-order valence-corrected chi connectivity index (χ2v) is 6.85. The molecule has 2 nitrogen and oxygen atoms in total. The Hall–Kier alpha value is -0.540. The molecule has 2 rings (SSSR count). The van der Waals surface area contributed by atoms with Gasteiger partial charge in [0.25, 0.3) is 0 Å². The molecule has 1 N–H and O–H groups in total. The van der Waals surface area contributed by atoms with E-state index in [-0.39, 0.29) is 0 Å². The molecular weight excluding hydrogens is 300 g/mol. The van der Waals surface area contributed by atoms with Gasteiger partial charge in [-0.1, -0.05) is 26.0 Å². The van der Waals surface area contributed by atoms with Crippen LogP contribution >= 0.6 is 15.9 Å². The molecule has 1 atom stereocenters. The van der Waals surface area contributed by atoms with Gasteiger partial charge in [-0.15, -0.1) is 0 Å². The van der Waals surface area contributed by atoms with Crippen molar-refractivity contribution in [3.05, 3.63) is 28.2 Å². The Kier molecular flexibility index (Phi) is 5.28. The Bertz CT molecular complexity index is 417. The topological polar surface area (TPSA) is 15.3 Å². The second-order valence-electron chi connectivity index (χ2n) is 6.06. The molecule has 1 aliphatic heterocycles. The fraction of sp³-hybridized carbons (Fsp3) is 0.625. The number of halogens is 1. The summed E-state index contributed by atoms with van der Waals surface area (Å²) in [6.45, 7) is 11.3. The Labute approximate surface area is 125 Å². The third kappa shape index (κ3) is 3.96. The van der Waals surface area contributed by atoms with Gasteiger partial charge in [-0.25, -0.2) is 0 Å². The van der Waals surface area contributed by atoms with Crippen molar-refractivity contribution < 1.29 is 0 Å². The first-order valence-electron chi connectivity index (χ1n) is 7.28. The summed E-state index contributed by atoms with van der Waals surface area (Å²) in [5, 5.41) is 3.59. The predicted octanol–water partition coefficient (Wildman–Crippen LogP) is 3.83. The summed E-state index contributed by atoms with van der Waals surface area (Å²) >= 11 is 3.72. The molecule has 1 heterocycles. The summed E-state index contributed by atoms with van der Waals surface area (Å²) in [6, 6.07) is 6.53. The van der Waals surface area contributed by atoms with Gasteiger partial charge < -0.3 is 10.2 Å². The molecule has 0 aliphatic carbocycles. The predicted molar refractivity (Wildman–Crippen MR) is 86.9 cm³/mol. The Morgan fingerprint density at radius 1 is 1.42 bits per heavy atom. The number of nitrogens with one attached hydrogen (secondary N) is 1. The molecule has 0 amide bonds. The molecule has 3 heteroatoms. The van der Waals surface area contributed by atoms with Gasteiger partial charge in [0, 0.05) is 17.6 Å². The highest BCUT2D eigenvalue weighted by Gasteiger charge is 2.23. The van der Waals surface area contributed by atoms with Crippen molar-refractivity contribution in [3.63, 3.8) is 0 Å². The standard InChI is InChI=1S/C16H25BrN2/c1-12(2)9-18-10-14-7-8-19(11-14)15-6-4-5-13(3)16(15)17/h4-6,12,14,18H,7-11H2,1-3H3. The number of nitrogens with zero attached hydrogens (tertiary/aromatic N) is 1. The SMILES string of the molecule is Cc1cccc(N2CCC(CNCC(C)C)C2)c1Br. The van der Waals surface area contributed by atoms with Gasteiger partial charge in [-0.05, 0) is 65.8 Å². The molecular formula is C16H25BrN2. The summed E-state index contributed by atoms with van der Waals surface area (Å²) in [5.41, 5.74) is 2.67. The van der Waals surface area contributed by atoms with E-state index in [4.69, 9.17) is 0 Å². The highest BCUT2D eigenvalue weighted by atomic mass is 79.9. The molecule has 1 aromatic rings. The normalized spacial score (nSPS) is 19.4.